The second-order valence-electron chi connectivity index (χ2n) is 4.60. The highest BCUT2D eigenvalue weighted by atomic mass is 15.3. The van der Waals surface area contributed by atoms with E-state index in [1.165, 1.54) is 0 Å². The highest BCUT2D eigenvalue weighted by molar-refractivity contribution is 5.26. The van der Waals surface area contributed by atoms with Crippen molar-refractivity contribution in [2.24, 2.45) is 13.0 Å². The average molecular weight is 233 g/mol. The highest BCUT2D eigenvalue weighted by Gasteiger charge is 2.05. The first-order chi connectivity index (χ1) is 8.16. The number of anilines is 1. The van der Waals surface area contributed by atoms with Crippen LogP contribution in [0.25, 0.3) is 0 Å². The molecule has 2 aromatic heterocycles. The first-order valence-corrected chi connectivity index (χ1v) is 5.88. The van der Waals surface area contributed by atoms with Gasteiger partial charge in [-0.05, 0) is 12.0 Å². The topological polar surface area (TPSA) is 47.7 Å². The van der Waals surface area contributed by atoms with Crippen LogP contribution in [0.3, 0.4) is 0 Å². The predicted octanol–water partition coefficient (Wildman–Crippen LogP) is 1.73. The summed E-state index contributed by atoms with van der Waals surface area (Å²) in [5.41, 5.74) is 1.16. The van der Waals surface area contributed by atoms with Crippen LogP contribution in [0.1, 0.15) is 19.5 Å². The highest BCUT2D eigenvalue weighted by Crippen LogP contribution is 2.09. The van der Waals surface area contributed by atoms with Crippen LogP contribution >= 0.6 is 0 Å². The zero-order valence-electron chi connectivity index (χ0n) is 10.6. The van der Waals surface area contributed by atoms with Gasteiger partial charge in [-0.15, -0.1) is 0 Å². The lowest BCUT2D eigenvalue weighted by Gasteiger charge is -2.11. The Bertz CT molecular complexity index is 469. The fourth-order valence-corrected chi connectivity index (χ4v) is 1.63. The molecule has 17 heavy (non-hydrogen) atoms. The van der Waals surface area contributed by atoms with Crippen molar-refractivity contribution in [1.29, 1.82) is 0 Å². The molecule has 0 aliphatic carbocycles. The van der Waals surface area contributed by atoms with E-state index in [0.717, 1.165) is 24.7 Å². The van der Waals surface area contributed by atoms with Gasteiger partial charge >= 0.3 is 0 Å². The van der Waals surface area contributed by atoms with Crippen LogP contribution in [0.2, 0.25) is 0 Å². The summed E-state index contributed by atoms with van der Waals surface area (Å²) in [6.45, 7) is 6.09. The summed E-state index contributed by atoms with van der Waals surface area (Å²) in [6, 6.07) is 2.02. The second kappa shape index (κ2) is 5.03. The fraction of sp³-hybridized carbons (Fsp3) is 0.500. The summed E-state index contributed by atoms with van der Waals surface area (Å²) in [5.74, 6) is 1.52. The number of nitrogens with one attached hydrogen (secondary N) is 1. The van der Waals surface area contributed by atoms with E-state index in [9.17, 15) is 0 Å². The molecule has 0 aliphatic heterocycles. The van der Waals surface area contributed by atoms with Crippen molar-refractivity contribution in [3.63, 3.8) is 0 Å². The van der Waals surface area contributed by atoms with Gasteiger partial charge in [0.1, 0.15) is 0 Å². The maximum absolute atomic E-state index is 4.32. The molecule has 0 amide bonds. The van der Waals surface area contributed by atoms with E-state index in [4.69, 9.17) is 0 Å². The summed E-state index contributed by atoms with van der Waals surface area (Å²) < 4.78 is 3.98. The minimum absolute atomic E-state index is 0.608. The maximum Gasteiger partial charge on any atom is 0.203 e. The zero-order chi connectivity index (χ0) is 12.3. The van der Waals surface area contributed by atoms with Gasteiger partial charge in [0.2, 0.25) is 5.95 Å². The van der Waals surface area contributed by atoms with Crippen molar-refractivity contribution in [1.82, 2.24) is 19.3 Å². The van der Waals surface area contributed by atoms with Gasteiger partial charge in [-0.25, -0.2) is 4.98 Å². The Morgan fingerprint density at radius 3 is 2.82 bits per heavy atom. The van der Waals surface area contributed by atoms with Crippen molar-refractivity contribution in [3.05, 3.63) is 30.4 Å². The third-order valence-corrected chi connectivity index (χ3v) is 2.64. The minimum atomic E-state index is 0.608. The number of aromatic nitrogens is 4. The number of hydrogen-bond acceptors (Lipinski definition) is 3. The van der Waals surface area contributed by atoms with E-state index >= 15 is 0 Å². The summed E-state index contributed by atoms with van der Waals surface area (Å²) in [5, 5.41) is 7.51. The predicted molar refractivity (Wildman–Crippen MR) is 67.9 cm³/mol. The van der Waals surface area contributed by atoms with Gasteiger partial charge in [-0.3, -0.25) is 4.68 Å². The lowest BCUT2D eigenvalue weighted by atomic mass is 10.2. The van der Waals surface area contributed by atoms with E-state index in [0.29, 0.717) is 5.92 Å². The Morgan fingerprint density at radius 1 is 1.35 bits per heavy atom. The summed E-state index contributed by atoms with van der Waals surface area (Å²) in [4.78, 5) is 4.32. The molecule has 1 N–H and O–H groups in total. The smallest absolute Gasteiger partial charge is 0.203 e. The molecule has 0 spiro atoms. The van der Waals surface area contributed by atoms with Gasteiger partial charge in [0.25, 0.3) is 0 Å². The molecule has 0 saturated heterocycles. The van der Waals surface area contributed by atoms with E-state index in [1.807, 2.05) is 36.4 Å². The third-order valence-electron chi connectivity index (χ3n) is 2.64. The molecule has 5 nitrogen and oxygen atoms in total. The molecule has 0 aromatic carbocycles. The maximum atomic E-state index is 4.32. The molecule has 0 saturated carbocycles. The van der Waals surface area contributed by atoms with E-state index in [2.05, 4.69) is 33.8 Å². The van der Waals surface area contributed by atoms with Gasteiger partial charge in [-0.2, -0.15) is 5.10 Å². The first kappa shape index (κ1) is 11.7. The summed E-state index contributed by atoms with van der Waals surface area (Å²) >= 11 is 0. The van der Waals surface area contributed by atoms with Gasteiger partial charge in [0.05, 0.1) is 12.2 Å². The quantitative estimate of drug-likeness (QED) is 0.855. The van der Waals surface area contributed by atoms with Crippen LogP contribution in [0.4, 0.5) is 5.95 Å². The van der Waals surface area contributed by atoms with Crippen molar-refractivity contribution >= 4 is 5.95 Å². The normalized spacial score (nSPS) is 11.1. The second-order valence-corrected chi connectivity index (χ2v) is 4.60. The zero-order valence-corrected chi connectivity index (χ0v) is 10.6. The average Bonchev–Trinajstić information content (AvgIpc) is 2.87. The van der Waals surface area contributed by atoms with E-state index in [-0.39, 0.29) is 0 Å². The van der Waals surface area contributed by atoms with Crippen LogP contribution in [0, 0.1) is 5.92 Å². The van der Waals surface area contributed by atoms with Gasteiger partial charge < -0.3 is 9.88 Å². The van der Waals surface area contributed by atoms with Crippen molar-refractivity contribution in [2.75, 3.05) is 11.9 Å². The van der Waals surface area contributed by atoms with Crippen molar-refractivity contribution < 1.29 is 0 Å². The number of imidazole rings is 1. The molecule has 0 radical (unpaired) electrons. The molecular weight excluding hydrogens is 214 g/mol. The fourth-order valence-electron chi connectivity index (χ4n) is 1.63. The molecule has 0 fully saturated rings. The van der Waals surface area contributed by atoms with Crippen molar-refractivity contribution in [2.45, 2.75) is 20.4 Å². The Labute approximate surface area is 101 Å². The standard InChI is InChI=1S/C12H19N5/c1-10(2)8-14-12-13-6-7-17(12)9-11-4-5-15-16(11)3/h4-7,10H,8-9H2,1-3H3,(H,13,14). The lowest BCUT2D eigenvalue weighted by molar-refractivity contribution is 0.654. The number of aryl methyl sites for hydroxylation is 1. The lowest BCUT2D eigenvalue weighted by Crippen LogP contribution is -2.14. The SMILES string of the molecule is CC(C)CNc1nccn1Cc1ccnn1C. The van der Waals surface area contributed by atoms with E-state index in [1.54, 1.807) is 0 Å². The summed E-state index contributed by atoms with van der Waals surface area (Å²) in [7, 11) is 1.95. The molecule has 0 unspecified atom stereocenters. The number of rotatable bonds is 5. The molecule has 2 aromatic rings. The minimum Gasteiger partial charge on any atom is -0.355 e. The molecule has 0 bridgehead atoms. The Kier molecular flexibility index (Phi) is 3.46. The van der Waals surface area contributed by atoms with Crippen molar-refractivity contribution in [3.8, 4) is 0 Å². The Hall–Kier alpha value is -1.78. The van der Waals surface area contributed by atoms with E-state index < -0.39 is 0 Å². The molecule has 5 heteroatoms. The van der Waals surface area contributed by atoms with Crippen LogP contribution in [0.15, 0.2) is 24.7 Å². The van der Waals surface area contributed by atoms with Crippen LogP contribution in [-0.4, -0.2) is 25.9 Å². The third kappa shape index (κ3) is 2.87. The molecular formula is C12H19N5. The van der Waals surface area contributed by atoms with Gasteiger partial charge in [0.15, 0.2) is 0 Å². The monoisotopic (exact) mass is 233 g/mol. The largest absolute Gasteiger partial charge is 0.355 e. The van der Waals surface area contributed by atoms with Crippen LogP contribution in [-0.2, 0) is 13.6 Å². The van der Waals surface area contributed by atoms with Gasteiger partial charge in [-0.1, -0.05) is 13.8 Å². The van der Waals surface area contributed by atoms with Crippen LogP contribution in [0.5, 0.6) is 0 Å². The molecule has 92 valence electrons. The molecule has 2 rings (SSSR count). The summed E-state index contributed by atoms with van der Waals surface area (Å²) in [6.07, 6.45) is 5.61. The molecule has 2 heterocycles. The number of nitrogens with zero attached hydrogens (tertiary/aromatic N) is 4. The number of hydrogen-bond donors (Lipinski definition) is 1. The Balaban J connectivity index is 2.06. The first-order valence-electron chi connectivity index (χ1n) is 5.88. The van der Waals surface area contributed by atoms with Crippen LogP contribution < -0.4 is 5.32 Å². The molecule has 0 atom stereocenters. The van der Waals surface area contributed by atoms with Gasteiger partial charge in [0, 0.05) is 32.2 Å². The Morgan fingerprint density at radius 2 is 2.18 bits per heavy atom. The molecule has 0 aliphatic rings.